The number of hydrogen-bond acceptors (Lipinski definition) is 0. The average molecular weight is 487 g/mol. The third-order valence-corrected chi connectivity index (χ3v) is 7.29. The molecule has 0 saturated carbocycles. The van der Waals surface area contributed by atoms with Crippen molar-refractivity contribution in [2.24, 2.45) is 0 Å². The molecule has 0 atom stereocenters. The van der Waals surface area contributed by atoms with Gasteiger partial charge in [0.1, 0.15) is 0 Å². The van der Waals surface area contributed by atoms with Crippen LogP contribution >= 0.6 is 0 Å². The van der Waals surface area contributed by atoms with Crippen molar-refractivity contribution in [1.29, 1.82) is 0 Å². The van der Waals surface area contributed by atoms with Crippen LogP contribution in [-0.4, -0.2) is 0 Å². The molecule has 0 N–H and O–H groups in total. The molecule has 0 amide bonds. The second-order valence-electron chi connectivity index (χ2n) is 10.0. The third-order valence-electron chi connectivity index (χ3n) is 7.29. The van der Waals surface area contributed by atoms with E-state index >= 15 is 0 Å². The van der Waals surface area contributed by atoms with Crippen molar-refractivity contribution in [3.8, 4) is 55.6 Å². The van der Waals surface area contributed by atoms with Gasteiger partial charge in [0.2, 0.25) is 0 Å². The molecule has 0 saturated heterocycles. The summed E-state index contributed by atoms with van der Waals surface area (Å²) in [4.78, 5) is 0. The number of rotatable bonds is 5. The summed E-state index contributed by atoms with van der Waals surface area (Å²) in [5, 5.41) is 0. The Morgan fingerprint density at radius 1 is 0.289 bits per heavy atom. The molecule has 0 bridgehead atoms. The van der Waals surface area contributed by atoms with Crippen LogP contribution in [0.25, 0.3) is 55.6 Å². The molecule has 0 heteroatoms. The van der Waals surface area contributed by atoms with Crippen LogP contribution in [0.1, 0.15) is 11.1 Å². The molecule has 38 heavy (non-hydrogen) atoms. The minimum Gasteiger partial charge on any atom is -0.0622 e. The van der Waals surface area contributed by atoms with Gasteiger partial charge in [-0.1, -0.05) is 133 Å². The molecular weight excluding hydrogens is 456 g/mol. The Kier molecular flexibility index (Phi) is 6.46. The van der Waals surface area contributed by atoms with Crippen molar-refractivity contribution in [3.05, 3.63) is 157 Å². The van der Waals surface area contributed by atoms with Gasteiger partial charge in [-0.2, -0.15) is 0 Å². The minimum atomic E-state index is 1.22. The summed E-state index contributed by atoms with van der Waals surface area (Å²) in [6.45, 7) is 4.36. The number of aryl methyl sites for hydroxylation is 2. The van der Waals surface area contributed by atoms with E-state index in [2.05, 4.69) is 159 Å². The first-order valence-electron chi connectivity index (χ1n) is 13.2. The van der Waals surface area contributed by atoms with Crippen molar-refractivity contribution >= 4 is 0 Å². The van der Waals surface area contributed by atoms with E-state index in [1.54, 1.807) is 0 Å². The maximum atomic E-state index is 2.33. The Morgan fingerprint density at radius 2 is 0.658 bits per heavy atom. The SMILES string of the molecule is Cc1ccc(C)c(-c2cc(-c3ccc(-c4ccccc4)cc3)cc(-c3ccc(-c4ccccc4)cc3)c2)c1. The van der Waals surface area contributed by atoms with E-state index in [1.807, 2.05) is 0 Å². The summed E-state index contributed by atoms with van der Waals surface area (Å²) in [6.07, 6.45) is 0. The summed E-state index contributed by atoms with van der Waals surface area (Å²) in [5.74, 6) is 0. The fourth-order valence-electron chi connectivity index (χ4n) is 5.13. The van der Waals surface area contributed by atoms with Crippen molar-refractivity contribution < 1.29 is 0 Å². The normalized spacial score (nSPS) is 10.9. The molecule has 6 rings (SSSR count). The van der Waals surface area contributed by atoms with Crippen LogP contribution in [0.15, 0.2) is 146 Å². The zero-order valence-corrected chi connectivity index (χ0v) is 21.9. The van der Waals surface area contributed by atoms with Crippen LogP contribution in [0.2, 0.25) is 0 Å². The van der Waals surface area contributed by atoms with Gasteiger partial charge in [-0.3, -0.25) is 0 Å². The fourth-order valence-corrected chi connectivity index (χ4v) is 5.13. The van der Waals surface area contributed by atoms with E-state index in [4.69, 9.17) is 0 Å². The summed E-state index contributed by atoms with van der Waals surface area (Å²) >= 11 is 0. The zero-order valence-electron chi connectivity index (χ0n) is 21.9. The van der Waals surface area contributed by atoms with Crippen molar-refractivity contribution in [2.45, 2.75) is 13.8 Å². The Labute approximate surface area is 225 Å². The van der Waals surface area contributed by atoms with Gasteiger partial charge in [0, 0.05) is 0 Å². The van der Waals surface area contributed by atoms with Crippen LogP contribution in [0.3, 0.4) is 0 Å². The lowest BCUT2D eigenvalue weighted by Gasteiger charge is -2.14. The van der Waals surface area contributed by atoms with Gasteiger partial charge in [-0.25, -0.2) is 0 Å². The molecule has 0 aliphatic rings. The predicted octanol–water partition coefficient (Wildman–Crippen LogP) is 10.6. The lowest BCUT2D eigenvalue weighted by atomic mass is 9.90. The minimum absolute atomic E-state index is 1.22. The first-order valence-corrected chi connectivity index (χ1v) is 13.2. The molecule has 6 aromatic carbocycles. The first-order chi connectivity index (χ1) is 18.6. The highest BCUT2D eigenvalue weighted by Crippen LogP contribution is 2.36. The molecule has 0 fully saturated rings. The van der Waals surface area contributed by atoms with Crippen LogP contribution < -0.4 is 0 Å². The van der Waals surface area contributed by atoms with E-state index in [-0.39, 0.29) is 0 Å². The smallest absolute Gasteiger partial charge is 0.0152 e. The second-order valence-corrected chi connectivity index (χ2v) is 10.0. The third kappa shape index (κ3) is 4.94. The van der Waals surface area contributed by atoms with Crippen LogP contribution in [0.5, 0.6) is 0 Å². The van der Waals surface area contributed by atoms with Gasteiger partial charge >= 0.3 is 0 Å². The van der Waals surface area contributed by atoms with Crippen LogP contribution in [0, 0.1) is 13.8 Å². The molecule has 0 spiro atoms. The van der Waals surface area contributed by atoms with Gasteiger partial charge in [-0.05, 0) is 93.2 Å². The fraction of sp³-hybridized carbons (Fsp3) is 0.0526. The van der Waals surface area contributed by atoms with E-state index in [9.17, 15) is 0 Å². The highest BCUT2D eigenvalue weighted by Gasteiger charge is 2.10. The second kappa shape index (κ2) is 10.4. The quantitative estimate of drug-likeness (QED) is 0.227. The van der Waals surface area contributed by atoms with E-state index < -0.39 is 0 Å². The summed E-state index contributed by atoms with van der Waals surface area (Å²) in [7, 11) is 0. The molecule has 0 nitrogen and oxygen atoms in total. The lowest BCUT2D eigenvalue weighted by Crippen LogP contribution is -1.89. The van der Waals surface area contributed by atoms with Crippen LogP contribution in [0.4, 0.5) is 0 Å². The maximum absolute atomic E-state index is 2.33. The topological polar surface area (TPSA) is 0 Å². The van der Waals surface area contributed by atoms with Crippen LogP contribution in [-0.2, 0) is 0 Å². The molecule has 182 valence electrons. The van der Waals surface area contributed by atoms with E-state index in [0.717, 1.165) is 0 Å². The van der Waals surface area contributed by atoms with Crippen molar-refractivity contribution in [1.82, 2.24) is 0 Å². The average Bonchev–Trinajstić information content (AvgIpc) is 2.99. The van der Waals surface area contributed by atoms with E-state index in [0.29, 0.717) is 0 Å². The molecule has 0 aliphatic heterocycles. The van der Waals surface area contributed by atoms with E-state index in [1.165, 1.54) is 66.8 Å². The molecule has 0 aromatic heterocycles. The zero-order chi connectivity index (χ0) is 25.9. The molecule has 0 radical (unpaired) electrons. The first kappa shape index (κ1) is 23.7. The molecular formula is C38H30. The molecule has 6 aromatic rings. The van der Waals surface area contributed by atoms with Gasteiger partial charge in [0.05, 0.1) is 0 Å². The number of benzene rings is 6. The Bertz CT molecular complexity index is 1570. The largest absolute Gasteiger partial charge is 0.0622 e. The highest BCUT2D eigenvalue weighted by atomic mass is 14.1. The summed E-state index contributed by atoms with van der Waals surface area (Å²) in [6, 6.07) is 52.7. The van der Waals surface area contributed by atoms with Crippen molar-refractivity contribution in [2.75, 3.05) is 0 Å². The molecule has 0 unspecified atom stereocenters. The molecule has 0 heterocycles. The maximum Gasteiger partial charge on any atom is -0.0152 e. The standard InChI is InChI=1S/C38H30/c1-27-13-14-28(2)38(23-27)37-25-35(33-19-15-31(16-20-33)29-9-5-3-6-10-29)24-36(26-37)34-21-17-32(18-22-34)30-11-7-4-8-12-30/h3-26H,1-2H3. The van der Waals surface area contributed by atoms with Gasteiger partial charge < -0.3 is 0 Å². The highest BCUT2D eigenvalue weighted by molar-refractivity contribution is 5.83. The number of hydrogen-bond donors (Lipinski definition) is 0. The van der Waals surface area contributed by atoms with Gasteiger partial charge in [0.15, 0.2) is 0 Å². The Morgan fingerprint density at radius 3 is 1.11 bits per heavy atom. The van der Waals surface area contributed by atoms with Crippen molar-refractivity contribution in [3.63, 3.8) is 0 Å². The van der Waals surface area contributed by atoms with Gasteiger partial charge in [0.25, 0.3) is 0 Å². The lowest BCUT2D eigenvalue weighted by molar-refractivity contribution is 1.39. The Hall–Kier alpha value is -4.68. The monoisotopic (exact) mass is 486 g/mol. The molecule has 0 aliphatic carbocycles. The van der Waals surface area contributed by atoms with Gasteiger partial charge in [-0.15, -0.1) is 0 Å². The predicted molar refractivity (Wildman–Crippen MR) is 163 cm³/mol. The summed E-state index contributed by atoms with van der Waals surface area (Å²) < 4.78 is 0. The Balaban J connectivity index is 1.44. The summed E-state index contributed by atoms with van der Waals surface area (Å²) in [5.41, 5.74) is 14.9.